The summed E-state index contributed by atoms with van der Waals surface area (Å²) in [6, 6.07) is 0.465. The van der Waals surface area contributed by atoms with Crippen LogP contribution in [-0.2, 0) is 4.74 Å². The second kappa shape index (κ2) is 15.5. The zero-order chi connectivity index (χ0) is 25.0. The van der Waals surface area contributed by atoms with Gasteiger partial charge in [0, 0.05) is 18.8 Å². The van der Waals surface area contributed by atoms with E-state index in [1.165, 1.54) is 55.7 Å². The van der Waals surface area contributed by atoms with Crippen LogP contribution in [0.25, 0.3) is 0 Å². The van der Waals surface area contributed by atoms with Crippen molar-refractivity contribution < 1.29 is 4.74 Å². The minimum atomic E-state index is 0.465. The van der Waals surface area contributed by atoms with Crippen LogP contribution in [0.1, 0.15) is 99.8 Å². The Morgan fingerprint density at radius 1 is 1.21 bits per heavy atom. The Morgan fingerprint density at radius 3 is 2.45 bits per heavy atom. The van der Waals surface area contributed by atoms with Crippen LogP contribution in [0.2, 0.25) is 0 Å². The second-order valence-electron chi connectivity index (χ2n) is 10.1. The summed E-state index contributed by atoms with van der Waals surface area (Å²) in [7, 11) is 1.87. The number of aliphatic imine (C=N–C) groups is 1. The SMILES string of the molecule is C=C.CC.CC.CC[C@@H](CC[C@@]1(C)C[C@@H]1[C@H]1C[C@@H]1CC/C=C\[C@@H]1CSC(C2CC2C)=N1)OC. The van der Waals surface area contributed by atoms with E-state index in [-0.39, 0.29) is 0 Å². The molecular weight excluding hydrogens is 422 g/mol. The summed E-state index contributed by atoms with van der Waals surface area (Å²) in [6.45, 7) is 21.1. The van der Waals surface area contributed by atoms with Crippen molar-refractivity contribution in [1.29, 1.82) is 0 Å². The summed E-state index contributed by atoms with van der Waals surface area (Å²) in [6.07, 6.45) is 16.1. The van der Waals surface area contributed by atoms with Crippen molar-refractivity contribution >= 4 is 16.8 Å². The molecule has 0 bridgehead atoms. The fourth-order valence-corrected chi connectivity index (χ4v) is 6.69. The Morgan fingerprint density at radius 2 is 1.88 bits per heavy atom. The molecule has 8 atom stereocenters. The highest BCUT2D eigenvalue weighted by molar-refractivity contribution is 8.14. The lowest BCUT2D eigenvalue weighted by Crippen LogP contribution is -2.12. The standard InChI is InChI=1S/C24H39NOS.2C2H6.C2H4/c1-5-19(26-4)10-11-24(3)14-22(24)21-13-17(21)8-6-7-9-18-15-27-23(25-18)20-12-16(20)2;3*1-2/h7,9,16-22H,5-6,8,10-15H2,1-4H3;2*1-2H3;1-2H2/b9-7-;;;/t16?,17-,18+,19-,20?,21-,22+,24-;;;/m0.../s1. The maximum absolute atomic E-state index is 5.57. The second-order valence-corrected chi connectivity index (χ2v) is 11.1. The molecule has 3 fully saturated rings. The molecule has 0 aromatic heterocycles. The van der Waals surface area contributed by atoms with E-state index >= 15 is 0 Å². The molecule has 3 saturated carbocycles. The zero-order valence-electron chi connectivity index (χ0n) is 23.2. The van der Waals surface area contributed by atoms with Crippen LogP contribution < -0.4 is 0 Å². The third-order valence-electron chi connectivity index (χ3n) is 7.93. The van der Waals surface area contributed by atoms with Crippen molar-refractivity contribution in [2.75, 3.05) is 12.9 Å². The van der Waals surface area contributed by atoms with Gasteiger partial charge in [-0.3, -0.25) is 4.99 Å². The molecule has 0 saturated heterocycles. The van der Waals surface area contributed by atoms with E-state index in [4.69, 9.17) is 9.73 Å². The molecule has 4 rings (SSSR count). The zero-order valence-corrected chi connectivity index (χ0v) is 24.1. The highest BCUT2D eigenvalue weighted by Crippen LogP contribution is 2.67. The summed E-state index contributed by atoms with van der Waals surface area (Å²) in [5.41, 5.74) is 0.632. The molecule has 0 radical (unpaired) electrons. The van der Waals surface area contributed by atoms with Gasteiger partial charge < -0.3 is 4.74 Å². The predicted molar refractivity (Wildman–Crippen MR) is 151 cm³/mol. The first-order valence-corrected chi connectivity index (χ1v) is 14.9. The molecule has 2 nitrogen and oxygen atoms in total. The highest BCUT2D eigenvalue weighted by Gasteiger charge is 2.59. The Balaban J connectivity index is 0.000000841. The van der Waals surface area contributed by atoms with Crippen molar-refractivity contribution in [2.24, 2.45) is 40.0 Å². The van der Waals surface area contributed by atoms with Gasteiger partial charge in [0.05, 0.1) is 17.2 Å². The fourth-order valence-electron chi connectivity index (χ4n) is 5.41. The summed E-state index contributed by atoms with van der Waals surface area (Å²) < 4.78 is 5.57. The van der Waals surface area contributed by atoms with Gasteiger partial charge in [0.1, 0.15) is 0 Å². The lowest BCUT2D eigenvalue weighted by molar-refractivity contribution is 0.0843. The van der Waals surface area contributed by atoms with Crippen LogP contribution in [-0.4, -0.2) is 30.1 Å². The first-order chi connectivity index (χ1) is 16.0. The number of methoxy groups -OCH3 is 1. The number of hydrogen-bond acceptors (Lipinski definition) is 3. The number of thioether (sulfide) groups is 1. The molecule has 3 heteroatoms. The van der Waals surface area contributed by atoms with Crippen molar-refractivity contribution in [3.63, 3.8) is 0 Å². The molecule has 1 aliphatic heterocycles. The van der Waals surface area contributed by atoms with Gasteiger partial charge in [-0.1, -0.05) is 60.6 Å². The molecule has 3 aliphatic carbocycles. The summed E-state index contributed by atoms with van der Waals surface area (Å²) >= 11 is 2.01. The van der Waals surface area contributed by atoms with Crippen LogP contribution in [0.3, 0.4) is 0 Å². The number of rotatable bonds is 11. The third-order valence-corrected chi connectivity index (χ3v) is 9.14. The first kappa shape index (κ1) is 30.5. The van der Waals surface area contributed by atoms with E-state index in [0.29, 0.717) is 17.6 Å². The molecule has 0 aromatic carbocycles. The minimum Gasteiger partial charge on any atom is -0.381 e. The van der Waals surface area contributed by atoms with Gasteiger partial charge in [-0.2, -0.15) is 0 Å². The number of nitrogens with zero attached hydrogens (tertiary/aromatic N) is 1. The summed E-state index contributed by atoms with van der Waals surface area (Å²) in [5.74, 6) is 5.94. The van der Waals surface area contributed by atoms with Crippen molar-refractivity contribution in [2.45, 2.75) is 112 Å². The Kier molecular flexibility index (Phi) is 14.3. The number of hydrogen-bond donors (Lipinski definition) is 0. The monoisotopic (exact) mass is 477 g/mol. The topological polar surface area (TPSA) is 21.6 Å². The van der Waals surface area contributed by atoms with Gasteiger partial charge in [-0.15, -0.1) is 24.9 Å². The van der Waals surface area contributed by atoms with Gasteiger partial charge >= 0.3 is 0 Å². The lowest BCUT2D eigenvalue weighted by Gasteiger charge is -2.17. The van der Waals surface area contributed by atoms with E-state index in [1.807, 2.05) is 46.6 Å². The Labute approximate surface area is 211 Å². The van der Waals surface area contributed by atoms with Crippen LogP contribution >= 0.6 is 11.8 Å². The smallest absolute Gasteiger partial charge is 0.0783 e. The quantitative estimate of drug-likeness (QED) is 0.277. The highest BCUT2D eigenvalue weighted by atomic mass is 32.2. The van der Waals surface area contributed by atoms with Crippen LogP contribution in [0, 0.1) is 35.0 Å². The van der Waals surface area contributed by atoms with Gasteiger partial charge in [0.2, 0.25) is 0 Å². The molecule has 192 valence electrons. The molecule has 0 aromatic rings. The van der Waals surface area contributed by atoms with Crippen LogP contribution in [0.5, 0.6) is 0 Å². The molecule has 4 aliphatic rings. The fraction of sp³-hybridized carbons (Fsp3) is 0.833. The maximum atomic E-state index is 5.57. The van der Waals surface area contributed by atoms with Gasteiger partial charge in [-0.05, 0) is 80.5 Å². The lowest BCUT2D eigenvalue weighted by atomic mass is 9.94. The Hall–Kier alpha value is -0.540. The first-order valence-electron chi connectivity index (χ1n) is 13.9. The van der Waals surface area contributed by atoms with Gasteiger partial charge in [0.25, 0.3) is 0 Å². The summed E-state index contributed by atoms with van der Waals surface area (Å²) in [4.78, 5) is 4.94. The Bertz CT molecular complexity index is 598. The molecule has 0 spiro atoms. The van der Waals surface area contributed by atoms with Crippen LogP contribution in [0.15, 0.2) is 30.3 Å². The normalized spacial score (nSPS) is 36.3. The van der Waals surface area contributed by atoms with Gasteiger partial charge in [-0.25, -0.2) is 0 Å². The van der Waals surface area contributed by atoms with E-state index in [9.17, 15) is 0 Å². The maximum Gasteiger partial charge on any atom is 0.0783 e. The molecule has 2 unspecified atom stereocenters. The third kappa shape index (κ3) is 9.21. The predicted octanol–water partition coefficient (Wildman–Crippen LogP) is 9.21. The van der Waals surface area contributed by atoms with Crippen molar-refractivity contribution in [3.8, 4) is 0 Å². The van der Waals surface area contributed by atoms with E-state index in [1.54, 1.807) is 0 Å². The largest absolute Gasteiger partial charge is 0.381 e. The van der Waals surface area contributed by atoms with Crippen molar-refractivity contribution in [1.82, 2.24) is 0 Å². The number of allylic oxidation sites excluding steroid dienone is 1. The average molecular weight is 478 g/mol. The number of ether oxygens (including phenoxy) is 1. The van der Waals surface area contributed by atoms with E-state index in [0.717, 1.165) is 36.0 Å². The molecule has 1 heterocycles. The molecule has 33 heavy (non-hydrogen) atoms. The average Bonchev–Trinajstić information content (AvgIpc) is 3.82. The van der Waals surface area contributed by atoms with Crippen molar-refractivity contribution in [3.05, 3.63) is 25.3 Å². The van der Waals surface area contributed by atoms with E-state index in [2.05, 4.69) is 46.1 Å². The molecule has 0 amide bonds. The van der Waals surface area contributed by atoms with E-state index < -0.39 is 0 Å². The van der Waals surface area contributed by atoms with Gasteiger partial charge in [0.15, 0.2) is 0 Å². The van der Waals surface area contributed by atoms with Crippen LogP contribution in [0.4, 0.5) is 0 Å². The molecular formula is C30H55NOS. The minimum absolute atomic E-state index is 0.465. The summed E-state index contributed by atoms with van der Waals surface area (Å²) in [5, 5.41) is 1.45. The molecule has 0 N–H and O–H groups in total.